The minimum Gasteiger partial charge on any atom is -0.396 e. The first kappa shape index (κ1) is 25.3. The summed E-state index contributed by atoms with van der Waals surface area (Å²) in [5.74, 6) is 4.86. The van der Waals surface area contributed by atoms with E-state index in [0.717, 1.165) is 12.8 Å². The van der Waals surface area contributed by atoms with Crippen LogP contribution in [0.15, 0.2) is 35.1 Å². The number of carbonyl (C=O) groups excluding carboxylic acids is 2. The second-order valence-electron chi connectivity index (χ2n) is 7.50. The van der Waals surface area contributed by atoms with Crippen LogP contribution in [-0.2, 0) is 11.2 Å². The molecule has 1 saturated carbocycles. The largest absolute Gasteiger partial charge is 0.405 e. The fourth-order valence-corrected chi connectivity index (χ4v) is 2.93. The van der Waals surface area contributed by atoms with Crippen LogP contribution in [0.2, 0.25) is 0 Å². The number of aliphatic hydroxyl groups excluding tert-OH is 1. The van der Waals surface area contributed by atoms with E-state index in [2.05, 4.69) is 17.0 Å². The Morgan fingerprint density at radius 1 is 1.28 bits per heavy atom. The zero-order valence-corrected chi connectivity index (χ0v) is 17.6. The quantitative estimate of drug-likeness (QED) is 0.127. The average Bonchev–Trinajstić information content (AvgIpc) is 3.56. The number of nitrogens with zero attached hydrogens (tertiary/aromatic N) is 2. The normalized spacial score (nSPS) is 14.1. The summed E-state index contributed by atoms with van der Waals surface area (Å²) in [4.78, 5) is 28.1. The lowest BCUT2D eigenvalue weighted by Gasteiger charge is -2.20. The number of anilines is 1. The van der Waals surface area contributed by atoms with E-state index in [-0.39, 0.29) is 23.9 Å². The number of carbonyl (C=O) groups is 2. The molecule has 0 aliphatic heterocycles. The van der Waals surface area contributed by atoms with Crippen molar-refractivity contribution >= 4 is 24.2 Å². The molecule has 0 atom stereocenters. The highest BCUT2D eigenvalue weighted by molar-refractivity contribution is 5.95. The number of halogens is 3. The lowest BCUT2D eigenvalue weighted by Crippen LogP contribution is -2.34. The summed E-state index contributed by atoms with van der Waals surface area (Å²) in [6, 6.07) is 4.45. The monoisotopic (exact) mass is 455 g/mol. The summed E-state index contributed by atoms with van der Waals surface area (Å²) in [5, 5.41) is 14.8. The van der Waals surface area contributed by atoms with Crippen molar-refractivity contribution < 1.29 is 27.9 Å². The number of nitrogens with two attached hydrogens (primary N) is 1. The van der Waals surface area contributed by atoms with Crippen LogP contribution in [0.5, 0.6) is 0 Å². The molecule has 1 aliphatic carbocycles. The summed E-state index contributed by atoms with van der Waals surface area (Å²) in [5.41, 5.74) is 1.13. The van der Waals surface area contributed by atoms with Crippen LogP contribution in [0.4, 0.5) is 18.9 Å². The van der Waals surface area contributed by atoms with Gasteiger partial charge in [-0.15, -0.1) is 0 Å². The zero-order valence-electron chi connectivity index (χ0n) is 17.6. The SMILES string of the molecule is C=N/C(=C\N(N)c1ccc(C(=O)NCC(F)(F)F)cc1CCCCCO)C(=O)NC1CC1. The Bertz CT molecular complexity index is 854. The molecule has 8 nitrogen and oxygen atoms in total. The number of unbranched alkanes of at least 4 members (excludes halogenated alkanes) is 2. The first-order valence-corrected chi connectivity index (χ1v) is 10.3. The highest BCUT2D eigenvalue weighted by Gasteiger charge is 2.28. The predicted molar refractivity (Wildman–Crippen MR) is 115 cm³/mol. The van der Waals surface area contributed by atoms with E-state index in [9.17, 15) is 22.8 Å². The van der Waals surface area contributed by atoms with E-state index in [1.165, 1.54) is 29.4 Å². The van der Waals surface area contributed by atoms with Crippen LogP contribution >= 0.6 is 0 Å². The molecular weight excluding hydrogens is 427 g/mol. The summed E-state index contributed by atoms with van der Waals surface area (Å²) >= 11 is 0. The van der Waals surface area contributed by atoms with Crippen molar-refractivity contribution in [2.24, 2.45) is 10.8 Å². The number of alkyl halides is 3. The van der Waals surface area contributed by atoms with Gasteiger partial charge in [0, 0.05) is 18.2 Å². The summed E-state index contributed by atoms with van der Waals surface area (Å²) in [6.07, 6.45) is 1.02. The Hall–Kier alpha value is -2.92. The van der Waals surface area contributed by atoms with Gasteiger partial charge in [-0.05, 0) is 62.6 Å². The van der Waals surface area contributed by atoms with E-state index >= 15 is 0 Å². The van der Waals surface area contributed by atoms with Gasteiger partial charge in [0.05, 0.1) is 11.9 Å². The summed E-state index contributed by atoms with van der Waals surface area (Å²) in [6.45, 7) is 2.01. The number of amides is 2. The van der Waals surface area contributed by atoms with Crippen molar-refractivity contribution in [2.45, 2.75) is 50.7 Å². The van der Waals surface area contributed by atoms with Gasteiger partial charge in [0.2, 0.25) is 0 Å². The molecule has 0 saturated heterocycles. The number of nitrogens with one attached hydrogen (secondary N) is 2. The van der Waals surface area contributed by atoms with E-state index < -0.39 is 24.5 Å². The predicted octanol–water partition coefficient (Wildman–Crippen LogP) is 2.18. The Morgan fingerprint density at radius 3 is 2.59 bits per heavy atom. The molecule has 1 fully saturated rings. The summed E-state index contributed by atoms with van der Waals surface area (Å²) in [7, 11) is 0. The van der Waals surface area contributed by atoms with Crippen molar-refractivity contribution in [2.75, 3.05) is 18.2 Å². The highest BCUT2D eigenvalue weighted by Crippen LogP contribution is 2.24. The Morgan fingerprint density at radius 2 is 2.00 bits per heavy atom. The van der Waals surface area contributed by atoms with Crippen LogP contribution in [0.1, 0.15) is 48.0 Å². The minimum atomic E-state index is -4.52. The van der Waals surface area contributed by atoms with Gasteiger partial charge in [0.15, 0.2) is 0 Å². The van der Waals surface area contributed by atoms with Crippen molar-refractivity contribution in [1.82, 2.24) is 10.6 Å². The van der Waals surface area contributed by atoms with Crippen molar-refractivity contribution in [3.63, 3.8) is 0 Å². The molecule has 5 N–H and O–H groups in total. The molecule has 0 spiro atoms. The van der Waals surface area contributed by atoms with Crippen LogP contribution in [0, 0.1) is 0 Å². The Labute approximate surface area is 184 Å². The number of hydrazine groups is 1. The molecule has 1 aliphatic rings. The lowest BCUT2D eigenvalue weighted by atomic mass is 10.0. The highest BCUT2D eigenvalue weighted by atomic mass is 19.4. The number of hydrogen-bond acceptors (Lipinski definition) is 6. The maximum Gasteiger partial charge on any atom is 0.405 e. The molecule has 0 heterocycles. The maximum absolute atomic E-state index is 12.4. The Balaban J connectivity index is 2.23. The van der Waals surface area contributed by atoms with Gasteiger partial charge in [-0.1, -0.05) is 6.42 Å². The number of aliphatic hydroxyl groups is 1. The number of aryl methyl sites for hydroxylation is 1. The third-order valence-corrected chi connectivity index (χ3v) is 4.75. The van der Waals surface area contributed by atoms with E-state index in [0.29, 0.717) is 36.9 Å². The molecule has 2 rings (SSSR count). The second-order valence-corrected chi connectivity index (χ2v) is 7.50. The Kier molecular flexibility index (Phi) is 9.21. The first-order chi connectivity index (χ1) is 15.1. The third kappa shape index (κ3) is 8.31. The fourth-order valence-electron chi connectivity index (χ4n) is 2.93. The van der Waals surface area contributed by atoms with Gasteiger partial charge in [0.1, 0.15) is 12.2 Å². The van der Waals surface area contributed by atoms with E-state index in [1.807, 2.05) is 5.32 Å². The molecular formula is C21H28F3N5O3. The van der Waals surface area contributed by atoms with Gasteiger partial charge in [-0.3, -0.25) is 19.6 Å². The fraction of sp³-hybridized carbons (Fsp3) is 0.476. The molecule has 0 aromatic heterocycles. The van der Waals surface area contributed by atoms with Gasteiger partial charge < -0.3 is 15.7 Å². The average molecular weight is 455 g/mol. The van der Waals surface area contributed by atoms with E-state index in [4.69, 9.17) is 10.9 Å². The van der Waals surface area contributed by atoms with Crippen molar-refractivity contribution in [3.05, 3.63) is 41.2 Å². The number of hydrogen-bond donors (Lipinski definition) is 4. The molecule has 11 heteroatoms. The van der Waals surface area contributed by atoms with Gasteiger partial charge in [-0.25, -0.2) is 5.84 Å². The first-order valence-electron chi connectivity index (χ1n) is 10.3. The molecule has 0 bridgehead atoms. The van der Waals surface area contributed by atoms with Crippen molar-refractivity contribution in [3.8, 4) is 0 Å². The minimum absolute atomic E-state index is 0.0117. The van der Waals surface area contributed by atoms with Crippen LogP contribution in [0.3, 0.4) is 0 Å². The molecule has 1 aromatic rings. The standard InChI is InChI=1S/C21H28F3N5O3/c1-26-17(20(32)28-16-7-8-16)12-29(25)18-9-6-15(19(31)27-13-21(22,23)24)11-14(18)5-3-2-4-10-30/h6,9,11-12,16,30H,1-5,7-8,10,13,25H2,(H,27,31)(H,28,32)/b17-12-. The lowest BCUT2D eigenvalue weighted by molar-refractivity contribution is -0.123. The van der Waals surface area contributed by atoms with Crippen LogP contribution in [-0.4, -0.2) is 49.0 Å². The number of aliphatic imine (C=N–C) groups is 1. The van der Waals surface area contributed by atoms with Gasteiger partial charge >= 0.3 is 6.18 Å². The van der Waals surface area contributed by atoms with E-state index in [1.54, 1.807) is 0 Å². The molecule has 32 heavy (non-hydrogen) atoms. The van der Waals surface area contributed by atoms with Gasteiger partial charge in [-0.2, -0.15) is 13.2 Å². The maximum atomic E-state index is 12.4. The smallest absolute Gasteiger partial charge is 0.396 e. The molecule has 1 aromatic carbocycles. The van der Waals surface area contributed by atoms with Crippen molar-refractivity contribution in [1.29, 1.82) is 0 Å². The molecule has 2 amide bonds. The molecule has 176 valence electrons. The number of rotatable bonds is 12. The number of benzene rings is 1. The van der Waals surface area contributed by atoms with Crippen LogP contribution < -0.4 is 21.5 Å². The molecule has 0 unspecified atom stereocenters. The summed E-state index contributed by atoms with van der Waals surface area (Å²) < 4.78 is 37.2. The van der Waals surface area contributed by atoms with Crippen LogP contribution in [0.25, 0.3) is 0 Å². The van der Waals surface area contributed by atoms with Gasteiger partial charge in [0.25, 0.3) is 11.8 Å². The zero-order chi connectivity index (χ0) is 23.7. The molecule has 0 radical (unpaired) electrons. The second kappa shape index (κ2) is 11.6. The third-order valence-electron chi connectivity index (χ3n) is 4.75. The topological polar surface area (TPSA) is 120 Å².